The number of rotatable bonds is 4. The number of benzene rings is 2. The third-order valence-electron chi connectivity index (χ3n) is 3.25. The smallest absolute Gasteiger partial charge is 0.168 e. The first-order chi connectivity index (χ1) is 10.2. The number of hydrogen-bond acceptors (Lipinski definition) is 4. The van der Waals surface area contributed by atoms with Crippen LogP contribution in [0.2, 0.25) is 0 Å². The highest BCUT2D eigenvalue weighted by atomic mass is 16.5. The minimum absolute atomic E-state index is 0.356. The van der Waals surface area contributed by atoms with E-state index >= 15 is 0 Å². The van der Waals surface area contributed by atoms with Crippen molar-refractivity contribution < 1.29 is 4.74 Å². The standard InChI is InChI=1S/C17H17N3O/c1-12-9-16(18-2)20-17(19-12)11-21-15-8-7-13-5-3-4-6-14(13)10-15/h3-10H,11H2,1-2H3,(H,18,19,20). The van der Waals surface area contributed by atoms with Crippen LogP contribution in [0.1, 0.15) is 11.5 Å². The molecule has 0 aliphatic carbocycles. The van der Waals surface area contributed by atoms with Gasteiger partial charge in [0.2, 0.25) is 0 Å². The van der Waals surface area contributed by atoms with E-state index in [0.29, 0.717) is 12.4 Å². The topological polar surface area (TPSA) is 47.0 Å². The molecule has 0 atom stereocenters. The van der Waals surface area contributed by atoms with Crippen LogP contribution in [0.25, 0.3) is 10.8 Å². The van der Waals surface area contributed by atoms with Gasteiger partial charge in [-0.1, -0.05) is 30.3 Å². The van der Waals surface area contributed by atoms with E-state index < -0.39 is 0 Å². The molecule has 0 bridgehead atoms. The van der Waals surface area contributed by atoms with Crippen LogP contribution in [-0.2, 0) is 6.61 Å². The second-order valence-electron chi connectivity index (χ2n) is 4.86. The highest BCUT2D eigenvalue weighted by Gasteiger charge is 2.03. The van der Waals surface area contributed by atoms with Crippen LogP contribution in [-0.4, -0.2) is 17.0 Å². The number of aryl methyl sites for hydroxylation is 1. The molecule has 2 aromatic carbocycles. The fourth-order valence-corrected chi connectivity index (χ4v) is 2.23. The van der Waals surface area contributed by atoms with E-state index in [1.54, 1.807) is 0 Å². The number of nitrogens with zero attached hydrogens (tertiary/aromatic N) is 2. The van der Waals surface area contributed by atoms with Crippen LogP contribution >= 0.6 is 0 Å². The molecular formula is C17H17N3O. The Morgan fingerprint density at radius 3 is 2.62 bits per heavy atom. The van der Waals surface area contributed by atoms with Gasteiger partial charge in [-0.05, 0) is 29.8 Å². The van der Waals surface area contributed by atoms with E-state index in [4.69, 9.17) is 4.74 Å². The van der Waals surface area contributed by atoms with Crippen LogP contribution in [0, 0.1) is 6.92 Å². The van der Waals surface area contributed by atoms with Crippen LogP contribution < -0.4 is 10.1 Å². The molecule has 0 aliphatic rings. The molecule has 0 saturated heterocycles. The maximum Gasteiger partial charge on any atom is 0.168 e. The fraction of sp³-hybridized carbons (Fsp3) is 0.176. The summed E-state index contributed by atoms with van der Waals surface area (Å²) in [7, 11) is 1.84. The van der Waals surface area contributed by atoms with Crippen molar-refractivity contribution in [3.05, 3.63) is 60.0 Å². The molecule has 106 valence electrons. The number of aromatic nitrogens is 2. The lowest BCUT2D eigenvalue weighted by Gasteiger charge is -2.08. The van der Waals surface area contributed by atoms with Crippen LogP contribution in [0.15, 0.2) is 48.5 Å². The second-order valence-corrected chi connectivity index (χ2v) is 4.86. The van der Waals surface area contributed by atoms with Gasteiger partial charge in [-0.15, -0.1) is 0 Å². The van der Waals surface area contributed by atoms with Crippen LogP contribution in [0.3, 0.4) is 0 Å². The van der Waals surface area contributed by atoms with Crippen molar-refractivity contribution in [1.29, 1.82) is 0 Å². The SMILES string of the molecule is CNc1cc(C)nc(COc2ccc3ccccc3c2)n1. The average molecular weight is 279 g/mol. The van der Waals surface area contributed by atoms with Crippen LogP contribution in [0.4, 0.5) is 5.82 Å². The third-order valence-corrected chi connectivity index (χ3v) is 3.25. The molecule has 3 rings (SSSR count). The zero-order chi connectivity index (χ0) is 14.7. The van der Waals surface area contributed by atoms with Crippen molar-refractivity contribution in [2.75, 3.05) is 12.4 Å². The summed E-state index contributed by atoms with van der Waals surface area (Å²) in [5, 5.41) is 5.39. The van der Waals surface area contributed by atoms with Gasteiger partial charge in [-0.25, -0.2) is 9.97 Å². The van der Waals surface area contributed by atoms with Gasteiger partial charge in [-0.3, -0.25) is 0 Å². The molecular weight excluding hydrogens is 262 g/mol. The molecule has 1 aromatic heterocycles. The van der Waals surface area contributed by atoms with Gasteiger partial charge in [0.05, 0.1) is 0 Å². The van der Waals surface area contributed by atoms with Crippen molar-refractivity contribution >= 4 is 16.6 Å². The first kappa shape index (κ1) is 13.4. The van der Waals surface area contributed by atoms with Gasteiger partial charge < -0.3 is 10.1 Å². The largest absolute Gasteiger partial charge is 0.486 e. The molecule has 1 N–H and O–H groups in total. The summed E-state index contributed by atoms with van der Waals surface area (Å²) in [6, 6.07) is 16.2. The number of nitrogens with one attached hydrogen (secondary N) is 1. The maximum absolute atomic E-state index is 5.80. The highest BCUT2D eigenvalue weighted by molar-refractivity contribution is 5.83. The van der Waals surface area contributed by atoms with Gasteiger partial charge in [0.15, 0.2) is 5.82 Å². The Bertz CT molecular complexity index is 771. The van der Waals surface area contributed by atoms with Gasteiger partial charge in [0.1, 0.15) is 18.2 Å². The molecule has 0 aliphatic heterocycles. The van der Waals surface area contributed by atoms with Gasteiger partial charge >= 0.3 is 0 Å². The summed E-state index contributed by atoms with van der Waals surface area (Å²) in [6.45, 7) is 2.30. The molecule has 0 radical (unpaired) electrons. The Kier molecular flexibility index (Phi) is 3.69. The van der Waals surface area contributed by atoms with E-state index in [1.807, 2.05) is 44.3 Å². The first-order valence-corrected chi connectivity index (χ1v) is 6.88. The summed E-state index contributed by atoms with van der Waals surface area (Å²) in [5.41, 5.74) is 0.923. The second kappa shape index (κ2) is 5.79. The Morgan fingerprint density at radius 1 is 1.00 bits per heavy atom. The van der Waals surface area contributed by atoms with E-state index in [0.717, 1.165) is 22.6 Å². The summed E-state index contributed by atoms with van der Waals surface area (Å²) in [6.07, 6.45) is 0. The lowest BCUT2D eigenvalue weighted by atomic mass is 10.1. The minimum atomic E-state index is 0.356. The van der Waals surface area contributed by atoms with Crippen molar-refractivity contribution in [3.63, 3.8) is 0 Å². The number of hydrogen-bond donors (Lipinski definition) is 1. The first-order valence-electron chi connectivity index (χ1n) is 6.88. The molecule has 3 aromatic rings. The molecule has 0 amide bonds. The van der Waals surface area contributed by atoms with E-state index in [2.05, 4.69) is 33.5 Å². The summed E-state index contributed by atoms with van der Waals surface area (Å²) in [4.78, 5) is 8.77. The molecule has 0 saturated carbocycles. The quantitative estimate of drug-likeness (QED) is 0.793. The van der Waals surface area contributed by atoms with E-state index in [-0.39, 0.29) is 0 Å². The molecule has 0 spiro atoms. The lowest BCUT2D eigenvalue weighted by molar-refractivity contribution is 0.296. The molecule has 0 fully saturated rings. The molecule has 21 heavy (non-hydrogen) atoms. The minimum Gasteiger partial charge on any atom is -0.486 e. The average Bonchev–Trinajstić information content (AvgIpc) is 2.52. The van der Waals surface area contributed by atoms with Gasteiger partial charge in [0.25, 0.3) is 0 Å². The Hall–Kier alpha value is -2.62. The van der Waals surface area contributed by atoms with Crippen molar-refractivity contribution in [2.24, 2.45) is 0 Å². The number of ether oxygens (including phenoxy) is 1. The van der Waals surface area contributed by atoms with E-state index in [9.17, 15) is 0 Å². The zero-order valence-electron chi connectivity index (χ0n) is 12.1. The molecule has 4 nitrogen and oxygen atoms in total. The summed E-state index contributed by atoms with van der Waals surface area (Å²) < 4.78 is 5.80. The Morgan fingerprint density at radius 2 is 1.81 bits per heavy atom. The lowest BCUT2D eigenvalue weighted by Crippen LogP contribution is -2.05. The normalized spacial score (nSPS) is 10.6. The maximum atomic E-state index is 5.80. The van der Waals surface area contributed by atoms with Crippen molar-refractivity contribution in [1.82, 2.24) is 9.97 Å². The van der Waals surface area contributed by atoms with E-state index in [1.165, 1.54) is 5.39 Å². The van der Waals surface area contributed by atoms with Crippen LogP contribution in [0.5, 0.6) is 5.75 Å². The zero-order valence-corrected chi connectivity index (χ0v) is 12.1. The number of fused-ring (bicyclic) bond motifs is 1. The Labute approximate surface area is 123 Å². The molecule has 4 heteroatoms. The summed E-state index contributed by atoms with van der Waals surface area (Å²) >= 11 is 0. The monoisotopic (exact) mass is 279 g/mol. The highest BCUT2D eigenvalue weighted by Crippen LogP contribution is 2.21. The third kappa shape index (κ3) is 3.11. The molecule has 0 unspecified atom stereocenters. The van der Waals surface area contributed by atoms with Gasteiger partial charge in [-0.2, -0.15) is 0 Å². The van der Waals surface area contributed by atoms with Crippen molar-refractivity contribution in [2.45, 2.75) is 13.5 Å². The predicted molar refractivity (Wildman–Crippen MR) is 84.6 cm³/mol. The van der Waals surface area contributed by atoms with Gasteiger partial charge in [0, 0.05) is 18.8 Å². The predicted octanol–water partition coefficient (Wildman–Crippen LogP) is 3.56. The fourth-order valence-electron chi connectivity index (χ4n) is 2.23. The van der Waals surface area contributed by atoms with Crippen molar-refractivity contribution in [3.8, 4) is 5.75 Å². The Balaban J connectivity index is 1.78. The summed E-state index contributed by atoms with van der Waals surface area (Å²) in [5.74, 6) is 2.30. The number of anilines is 1. The molecule has 1 heterocycles.